The number of aliphatic carboxylic acids is 1. The van der Waals surface area contributed by atoms with Crippen LogP contribution in [0.3, 0.4) is 0 Å². The predicted octanol–water partition coefficient (Wildman–Crippen LogP) is 3.59. The van der Waals surface area contributed by atoms with Gasteiger partial charge in [-0.15, -0.1) is 0 Å². The predicted molar refractivity (Wildman–Crippen MR) is 81.6 cm³/mol. The first-order chi connectivity index (χ1) is 9.81. The second kappa shape index (κ2) is 7.61. The van der Waals surface area contributed by atoms with Gasteiger partial charge in [0.15, 0.2) is 0 Å². The summed E-state index contributed by atoms with van der Waals surface area (Å²) in [4.78, 5) is 21.1. The molecule has 0 aliphatic rings. The van der Waals surface area contributed by atoms with Gasteiger partial charge in [0.2, 0.25) is 0 Å². The normalized spacial score (nSPS) is 13.5. The fourth-order valence-electron chi connectivity index (χ4n) is 2.07. The van der Waals surface area contributed by atoms with Crippen molar-refractivity contribution in [2.45, 2.75) is 46.1 Å². The minimum atomic E-state index is -0.773. The van der Waals surface area contributed by atoms with E-state index in [2.05, 4.69) is 5.32 Å². The van der Waals surface area contributed by atoms with Gasteiger partial charge in [-0.2, -0.15) is 0 Å². The van der Waals surface area contributed by atoms with Crippen molar-refractivity contribution in [1.29, 1.82) is 0 Å². The minimum Gasteiger partial charge on any atom is -0.481 e. The molecule has 1 rings (SSSR count). The Kier molecular flexibility index (Phi) is 6.14. The number of non-ortho nitro benzene ring substituents is 1. The van der Waals surface area contributed by atoms with Gasteiger partial charge in [0.05, 0.1) is 10.8 Å². The van der Waals surface area contributed by atoms with Gasteiger partial charge in [-0.05, 0) is 32.3 Å². The highest BCUT2D eigenvalue weighted by molar-refractivity contribution is 5.69. The Morgan fingerprint density at radius 1 is 1.38 bits per heavy atom. The Morgan fingerprint density at radius 2 is 2.05 bits per heavy atom. The van der Waals surface area contributed by atoms with E-state index in [0.717, 1.165) is 24.1 Å². The standard InChI is InChI=1S/C15H22N2O4/c1-10-7-8-13(17(20)21)9-14(10)16-12(3)6-4-5-11(2)15(18)19/h7-9,11-12,16H,4-6H2,1-3H3,(H,18,19). The van der Waals surface area contributed by atoms with Crippen LogP contribution in [0.25, 0.3) is 0 Å². The van der Waals surface area contributed by atoms with Gasteiger partial charge in [-0.3, -0.25) is 14.9 Å². The van der Waals surface area contributed by atoms with Gasteiger partial charge in [-0.1, -0.05) is 19.4 Å². The van der Waals surface area contributed by atoms with Gasteiger partial charge >= 0.3 is 5.97 Å². The number of carboxylic acid groups (broad SMARTS) is 1. The van der Waals surface area contributed by atoms with Gasteiger partial charge in [0, 0.05) is 23.9 Å². The number of benzene rings is 1. The summed E-state index contributed by atoms with van der Waals surface area (Å²) in [6, 6.07) is 4.87. The van der Waals surface area contributed by atoms with E-state index in [1.807, 2.05) is 13.8 Å². The van der Waals surface area contributed by atoms with Crippen molar-refractivity contribution in [2.24, 2.45) is 5.92 Å². The van der Waals surface area contributed by atoms with Crippen molar-refractivity contribution in [2.75, 3.05) is 5.32 Å². The maximum absolute atomic E-state index is 10.8. The van der Waals surface area contributed by atoms with Crippen LogP contribution in [-0.4, -0.2) is 22.0 Å². The number of rotatable bonds is 8. The molecule has 0 aromatic heterocycles. The molecule has 21 heavy (non-hydrogen) atoms. The molecule has 1 aromatic rings. The highest BCUT2D eigenvalue weighted by Crippen LogP contribution is 2.23. The van der Waals surface area contributed by atoms with Crippen molar-refractivity contribution >= 4 is 17.3 Å². The molecule has 0 saturated carbocycles. The van der Waals surface area contributed by atoms with Crippen LogP contribution in [-0.2, 0) is 4.79 Å². The molecule has 0 heterocycles. The quantitative estimate of drug-likeness (QED) is 0.564. The molecular weight excluding hydrogens is 272 g/mol. The minimum absolute atomic E-state index is 0.0646. The number of nitrogens with one attached hydrogen (secondary N) is 1. The third kappa shape index (κ3) is 5.41. The summed E-state index contributed by atoms with van der Waals surface area (Å²) in [6.07, 6.45) is 2.25. The molecule has 0 aliphatic heterocycles. The average molecular weight is 294 g/mol. The molecule has 116 valence electrons. The summed E-state index contributed by atoms with van der Waals surface area (Å²) in [5, 5.41) is 22.9. The second-order valence-corrected chi connectivity index (χ2v) is 5.47. The summed E-state index contributed by atoms with van der Waals surface area (Å²) in [5.74, 6) is -1.11. The highest BCUT2D eigenvalue weighted by atomic mass is 16.6. The first kappa shape index (κ1) is 16.9. The molecule has 0 radical (unpaired) electrons. The number of hydrogen-bond acceptors (Lipinski definition) is 4. The Morgan fingerprint density at radius 3 is 2.62 bits per heavy atom. The first-order valence-electron chi connectivity index (χ1n) is 7.05. The number of anilines is 1. The third-order valence-corrected chi connectivity index (χ3v) is 3.53. The smallest absolute Gasteiger partial charge is 0.306 e. The van der Waals surface area contributed by atoms with E-state index >= 15 is 0 Å². The summed E-state index contributed by atoms with van der Waals surface area (Å²) < 4.78 is 0. The zero-order chi connectivity index (χ0) is 16.0. The lowest BCUT2D eigenvalue weighted by Gasteiger charge is -2.17. The van der Waals surface area contributed by atoms with Gasteiger partial charge < -0.3 is 10.4 Å². The molecule has 2 unspecified atom stereocenters. The molecule has 0 spiro atoms. The van der Waals surface area contributed by atoms with Crippen LogP contribution < -0.4 is 5.32 Å². The molecule has 0 amide bonds. The van der Waals surface area contributed by atoms with Crippen molar-refractivity contribution in [3.8, 4) is 0 Å². The van der Waals surface area contributed by atoms with Crippen LogP contribution in [0.1, 0.15) is 38.7 Å². The van der Waals surface area contributed by atoms with Gasteiger partial charge in [0.1, 0.15) is 0 Å². The topological polar surface area (TPSA) is 92.5 Å². The van der Waals surface area contributed by atoms with Crippen molar-refractivity contribution in [1.82, 2.24) is 0 Å². The van der Waals surface area contributed by atoms with E-state index in [-0.39, 0.29) is 17.6 Å². The molecule has 0 fully saturated rings. The number of aryl methyl sites for hydroxylation is 1. The molecule has 2 N–H and O–H groups in total. The number of nitro groups is 1. The maximum atomic E-state index is 10.8. The zero-order valence-electron chi connectivity index (χ0n) is 12.6. The van der Waals surface area contributed by atoms with Crippen LogP contribution in [0.15, 0.2) is 18.2 Å². The fourth-order valence-corrected chi connectivity index (χ4v) is 2.07. The van der Waals surface area contributed by atoms with Gasteiger partial charge in [0.25, 0.3) is 5.69 Å². The van der Waals surface area contributed by atoms with E-state index in [0.29, 0.717) is 6.42 Å². The average Bonchev–Trinajstić information content (AvgIpc) is 2.40. The molecule has 2 atom stereocenters. The van der Waals surface area contributed by atoms with Crippen LogP contribution in [0, 0.1) is 23.0 Å². The lowest BCUT2D eigenvalue weighted by atomic mass is 10.0. The summed E-state index contributed by atoms with van der Waals surface area (Å²) in [7, 11) is 0. The Balaban J connectivity index is 2.54. The van der Waals surface area contributed by atoms with Crippen molar-refractivity contribution in [3.05, 3.63) is 33.9 Å². The Labute approximate surface area is 124 Å². The number of carboxylic acids is 1. The van der Waals surface area contributed by atoms with E-state index in [1.54, 1.807) is 13.0 Å². The van der Waals surface area contributed by atoms with Crippen LogP contribution in [0.4, 0.5) is 11.4 Å². The summed E-state index contributed by atoms with van der Waals surface area (Å²) >= 11 is 0. The van der Waals surface area contributed by atoms with Crippen LogP contribution in [0.5, 0.6) is 0 Å². The lowest BCUT2D eigenvalue weighted by Crippen LogP contribution is -2.17. The Bertz CT molecular complexity index is 516. The number of hydrogen-bond donors (Lipinski definition) is 2. The lowest BCUT2D eigenvalue weighted by molar-refractivity contribution is -0.384. The fraction of sp³-hybridized carbons (Fsp3) is 0.533. The maximum Gasteiger partial charge on any atom is 0.306 e. The van der Waals surface area contributed by atoms with Crippen molar-refractivity contribution in [3.63, 3.8) is 0 Å². The number of carbonyl (C=O) groups is 1. The molecule has 0 aliphatic carbocycles. The molecule has 0 bridgehead atoms. The SMILES string of the molecule is Cc1ccc([N+](=O)[O-])cc1NC(C)CCCC(C)C(=O)O. The van der Waals surface area contributed by atoms with E-state index in [9.17, 15) is 14.9 Å². The van der Waals surface area contributed by atoms with Crippen LogP contribution >= 0.6 is 0 Å². The monoisotopic (exact) mass is 294 g/mol. The van der Waals surface area contributed by atoms with E-state index in [1.165, 1.54) is 12.1 Å². The van der Waals surface area contributed by atoms with E-state index < -0.39 is 10.9 Å². The zero-order valence-corrected chi connectivity index (χ0v) is 12.6. The molecule has 6 heteroatoms. The molecular formula is C15H22N2O4. The third-order valence-electron chi connectivity index (χ3n) is 3.53. The number of nitro benzene ring substituents is 1. The molecule has 1 aromatic carbocycles. The van der Waals surface area contributed by atoms with E-state index in [4.69, 9.17) is 5.11 Å². The largest absolute Gasteiger partial charge is 0.481 e. The second-order valence-electron chi connectivity index (χ2n) is 5.47. The molecule has 6 nitrogen and oxygen atoms in total. The van der Waals surface area contributed by atoms with Gasteiger partial charge in [-0.25, -0.2) is 0 Å². The summed E-state index contributed by atoms with van der Waals surface area (Å²) in [6.45, 7) is 5.58. The highest BCUT2D eigenvalue weighted by Gasteiger charge is 2.13. The Hall–Kier alpha value is -2.11. The number of nitrogens with zero attached hydrogens (tertiary/aromatic N) is 1. The van der Waals surface area contributed by atoms with Crippen LogP contribution in [0.2, 0.25) is 0 Å². The van der Waals surface area contributed by atoms with Crippen molar-refractivity contribution < 1.29 is 14.8 Å². The molecule has 0 saturated heterocycles. The summed E-state index contributed by atoms with van der Waals surface area (Å²) in [5.41, 5.74) is 1.77. The first-order valence-corrected chi connectivity index (χ1v) is 7.05.